The minimum absolute atomic E-state index is 0.371. The van der Waals surface area contributed by atoms with E-state index in [2.05, 4.69) is 32.6 Å². The summed E-state index contributed by atoms with van der Waals surface area (Å²) in [5.41, 5.74) is 5.79. The van der Waals surface area contributed by atoms with Crippen molar-refractivity contribution in [3.63, 3.8) is 0 Å². The second-order valence-corrected chi connectivity index (χ2v) is 6.37. The first-order valence-electron chi connectivity index (χ1n) is 7.50. The fraction of sp³-hybridized carbons (Fsp3) is 1.00. The number of nitrogens with two attached hydrogens (primary N) is 1. The van der Waals surface area contributed by atoms with Gasteiger partial charge in [-0.15, -0.1) is 0 Å². The van der Waals surface area contributed by atoms with E-state index < -0.39 is 0 Å². The highest BCUT2D eigenvalue weighted by atomic mass is 15.2. The van der Waals surface area contributed by atoms with E-state index in [4.69, 9.17) is 5.73 Å². The molecule has 1 heterocycles. The number of nitrogens with zero attached hydrogens (tertiary/aromatic N) is 1. The number of hydrogen-bond donors (Lipinski definition) is 1. The minimum atomic E-state index is 0.371. The predicted molar refractivity (Wildman–Crippen MR) is 76.1 cm³/mol. The Bertz CT molecular complexity index is 203. The fourth-order valence-corrected chi connectivity index (χ4v) is 2.96. The summed E-state index contributed by atoms with van der Waals surface area (Å²) in [6.07, 6.45) is 6.60. The molecule has 0 spiro atoms. The maximum atomic E-state index is 5.79. The zero-order valence-electron chi connectivity index (χ0n) is 12.3. The van der Waals surface area contributed by atoms with E-state index in [9.17, 15) is 0 Å². The lowest BCUT2D eigenvalue weighted by Gasteiger charge is -2.39. The number of likely N-dealkylation sites (tertiary alicyclic amines) is 1. The van der Waals surface area contributed by atoms with Crippen molar-refractivity contribution in [2.45, 2.75) is 71.9 Å². The molecule has 102 valence electrons. The predicted octanol–water partition coefficient (Wildman–Crippen LogP) is 3.26. The lowest BCUT2D eigenvalue weighted by molar-refractivity contribution is 0.0960. The molecule has 1 saturated heterocycles. The van der Waals surface area contributed by atoms with E-state index in [-0.39, 0.29) is 0 Å². The summed E-state index contributed by atoms with van der Waals surface area (Å²) in [5, 5.41) is 0. The molecular weight excluding hydrogens is 208 g/mol. The van der Waals surface area contributed by atoms with Crippen LogP contribution in [-0.2, 0) is 0 Å². The SMILES string of the molecule is CC(N)CCCC(C)CN1CCCC(C)C1C. The minimum Gasteiger partial charge on any atom is -0.328 e. The Balaban J connectivity index is 2.22. The Labute approximate surface area is 108 Å². The van der Waals surface area contributed by atoms with E-state index in [1.165, 1.54) is 45.2 Å². The first-order chi connectivity index (χ1) is 8.00. The second-order valence-electron chi connectivity index (χ2n) is 6.37. The first kappa shape index (κ1) is 15.0. The van der Waals surface area contributed by atoms with Gasteiger partial charge in [0.15, 0.2) is 0 Å². The van der Waals surface area contributed by atoms with E-state index in [0.717, 1.165) is 17.9 Å². The van der Waals surface area contributed by atoms with E-state index in [1.807, 2.05) is 0 Å². The lowest BCUT2D eigenvalue weighted by Crippen LogP contribution is -2.44. The van der Waals surface area contributed by atoms with Gasteiger partial charge in [0.05, 0.1) is 0 Å². The highest BCUT2D eigenvalue weighted by Gasteiger charge is 2.25. The molecule has 1 fully saturated rings. The largest absolute Gasteiger partial charge is 0.328 e. The highest BCUT2D eigenvalue weighted by Crippen LogP contribution is 2.24. The molecule has 2 N–H and O–H groups in total. The van der Waals surface area contributed by atoms with Crippen LogP contribution in [0.1, 0.15) is 59.8 Å². The van der Waals surface area contributed by atoms with Crippen molar-refractivity contribution in [3.05, 3.63) is 0 Å². The summed E-state index contributed by atoms with van der Waals surface area (Å²) in [6, 6.07) is 1.15. The second kappa shape index (κ2) is 7.38. The summed E-state index contributed by atoms with van der Waals surface area (Å²) in [4.78, 5) is 2.70. The number of rotatable bonds is 6. The van der Waals surface area contributed by atoms with E-state index in [0.29, 0.717) is 6.04 Å². The molecule has 0 aliphatic carbocycles. The molecule has 4 atom stereocenters. The smallest absolute Gasteiger partial charge is 0.00926 e. The molecule has 0 radical (unpaired) electrons. The first-order valence-corrected chi connectivity index (χ1v) is 7.50. The van der Waals surface area contributed by atoms with E-state index >= 15 is 0 Å². The molecule has 0 saturated carbocycles. The molecule has 0 bridgehead atoms. The molecule has 2 heteroatoms. The van der Waals surface area contributed by atoms with Crippen LogP contribution in [0.4, 0.5) is 0 Å². The van der Waals surface area contributed by atoms with Gasteiger partial charge in [-0.25, -0.2) is 0 Å². The van der Waals surface area contributed by atoms with Crippen molar-refractivity contribution < 1.29 is 0 Å². The van der Waals surface area contributed by atoms with Gasteiger partial charge in [-0.1, -0.05) is 20.3 Å². The van der Waals surface area contributed by atoms with Gasteiger partial charge in [0, 0.05) is 18.6 Å². The van der Waals surface area contributed by atoms with Gasteiger partial charge in [-0.3, -0.25) is 0 Å². The third-order valence-corrected chi connectivity index (χ3v) is 4.41. The van der Waals surface area contributed by atoms with Gasteiger partial charge >= 0.3 is 0 Å². The van der Waals surface area contributed by atoms with Crippen LogP contribution in [0, 0.1) is 11.8 Å². The third-order valence-electron chi connectivity index (χ3n) is 4.41. The summed E-state index contributed by atoms with van der Waals surface area (Å²) in [7, 11) is 0. The van der Waals surface area contributed by atoms with Crippen LogP contribution in [0.15, 0.2) is 0 Å². The fourth-order valence-electron chi connectivity index (χ4n) is 2.96. The van der Waals surface area contributed by atoms with Crippen LogP contribution in [0.2, 0.25) is 0 Å². The van der Waals surface area contributed by atoms with Crippen molar-refractivity contribution in [2.24, 2.45) is 17.6 Å². The monoisotopic (exact) mass is 240 g/mol. The summed E-state index contributed by atoms with van der Waals surface area (Å²) < 4.78 is 0. The molecule has 1 aliphatic rings. The normalized spacial score (nSPS) is 30.2. The summed E-state index contributed by atoms with van der Waals surface area (Å²) >= 11 is 0. The molecule has 4 unspecified atom stereocenters. The van der Waals surface area contributed by atoms with Gasteiger partial charge in [0.2, 0.25) is 0 Å². The quantitative estimate of drug-likeness (QED) is 0.772. The Morgan fingerprint density at radius 1 is 1.24 bits per heavy atom. The molecule has 2 nitrogen and oxygen atoms in total. The molecule has 1 rings (SSSR count). The average Bonchev–Trinajstić information content (AvgIpc) is 2.24. The molecule has 1 aliphatic heterocycles. The molecule has 0 amide bonds. The Morgan fingerprint density at radius 2 is 1.94 bits per heavy atom. The van der Waals surface area contributed by atoms with Gasteiger partial charge in [0.1, 0.15) is 0 Å². The maximum Gasteiger partial charge on any atom is 0.00926 e. The standard InChI is InChI=1S/C15H32N2/c1-12(7-5-9-14(3)16)11-17-10-6-8-13(2)15(17)4/h12-15H,5-11,16H2,1-4H3. The van der Waals surface area contributed by atoms with Crippen LogP contribution >= 0.6 is 0 Å². The Morgan fingerprint density at radius 3 is 2.59 bits per heavy atom. The van der Waals surface area contributed by atoms with Gasteiger partial charge in [-0.2, -0.15) is 0 Å². The lowest BCUT2D eigenvalue weighted by atomic mass is 9.90. The van der Waals surface area contributed by atoms with Crippen LogP contribution in [0.25, 0.3) is 0 Å². The molecule has 0 aromatic carbocycles. The zero-order valence-corrected chi connectivity index (χ0v) is 12.3. The van der Waals surface area contributed by atoms with Gasteiger partial charge < -0.3 is 10.6 Å². The molecular formula is C15H32N2. The number of piperidine rings is 1. The van der Waals surface area contributed by atoms with Crippen molar-refractivity contribution in [3.8, 4) is 0 Å². The van der Waals surface area contributed by atoms with Crippen LogP contribution in [0.5, 0.6) is 0 Å². The molecule has 0 aromatic heterocycles. The highest BCUT2D eigenvalue weighted by molar-refractivity contribution is 4.79. The Hall–Kier alpha value is -0.0800. The Kier molecular flexibility index (Phi) is 6.50. The van der Waals surface area contributed by atoms with Gasteiger partial charge in [0.25, 0.3) is 0 Å². The average molecular weight is 240 g/mol. The van der Waals surface area contributed by atoms with Crippen molar-refractivity contribution >= 4 is 0 Å². The third kappa shape index (κ3) is 5.39. The summed E-state index contributed by atoms with van der Waals surface area (Å²) in [5.74, 6) is 1.70. The van der Waals surface area contributed by atoms with Crippen molar-refractivity contribution in [1.82, 2.24) is 4.90 Å². The zero-order chi connectivity index (χ0) is 12.8. The molecule has 17 heavy (non-hydrogen) atoms. The molecule has 0 aromatic rings. The topological polar surface area (TPSA) is 29.3 Å². The van der Waals surface area contributed by atoms with Crippen LogP contribution in [-0.4, -0.2) is 30.1 Å². The summed E-state index contributed by atoms with van der Waals surface area (Å²) in [6.45, 7) is 11.9. The van der Waals surface area contributed by atoms with Crippen LogP contribution in [0.3, 0.4) is 0 Å². The maximum absolute atomic E-state index is 5.79. The van der Waals surface area contributed by atoms with Crippen molar-refractivity contribution in [1.29, 1.82) is 0 Å². The van der Waals surface area contributed by atoms with E-state index in [1.54, 1.807) is 0 Å². The van der Waals surface area contributed by atoms with Gasteiger partial charge in [-0.05, 0) is 57.9 Å². The van der Waals surface area contributed by atoms with Crippen molar-refractivity contribution in [2.75, 3.05) is 13.1 Å². The number of hydrogen-bond acceptors (Lipinski definition) is 2. The van der Waals surface area contributed by atoms with Crippen LogP contribution < -0.4 is 5.73 Å².